The summed E-state index contributed by atoms with van der Waals surface area (Å²) in [5, 5.41) is 0. The van der Waals surface area contributed by atoms with Crippen molar-refractivity contribution < 1.29 is 14.3 Å². The summed E-state index contributed by atoms with van der Waals surface area (Å²) >= 11 is 1.88. The van der Waals surface area contributed by atoms with E-state index >= 15 is 0 Å². The zero-order valence-electron chi connectivity index (χ0n) is 11.4. The molecule has 2 unspecified atom stereocenters. The van der Waals surface area contributed by atoms with E-state index in [1.165, 1.54) is 12.8 Å². The van der Waals surface area contributed by atoms with Crippen LogP contribution >= 0.6 is 11.8 Å². The lowest BCUT2D eigenvalue weighted by Crippen LogP contribution is -2.46. The van der Waals surface area contributed by atoms with Crippen molar-refractivity contribution in [2.45, 2.75) is 51.2 Å². The largest absolute Gasteiger partial charge is 0.465 e. The lowest BCUT2D eigenvalue weighted by atomic mass is 9.98. The predicted octanol–water partition coefficient (Wildman–Crippen LogP) is 1.96. The molecule has 1 aliphatic rings. The molecule has 0 aliphatic carbocycles. The molecule has 0 aromatic heterocycles. The highest BCUT2D eigenvalue weighted by atomic mass is 32.2. The summed E-state index contributed by atoms with van der Waals surface area (Å²) in [6.45, 7) is 4.84. The lowest BCUT2D eigenvalue weighted by Gasteiger charge is -2.22. The second kappa shape index (κ2) is 8.02. The predicted molar refractivity (Wildman–Crippen MR) is 74.8 cm³/mol. The Kier molecular flexibility index (Phi) is 7.04. The van der Waals surface area contributed by atoms with Gasteiger partial charge < -0.3 is 15.2 Å². The van der Waals surface area contributed by atoms with Crippen molar-refractivity contribution in [2.75, 3.05) is 24.7 Å². The number of carbonyl (C=O) groups excluding carboxylic acids is 1. The van der Waals surface area contributed by atoms with Crippen LogP contribution in [0, 0.1) is 0 Å². The molecule has 5 heteroatoms. The van der Waals surface area contributed by atoms with Crippen LogP contribution in [-0.4, -0.2) is 42.3 Å². The Labute approximate surface area is 114 Å². The van der Waals surface area contributed by atoms with Gasteiger partial charge in [-0.2, -0.15) is 11.8 Å². The zero-order chi connectivity index (χ0) is 13.4. The number of thioether (sulfide) groups is 1. The average molecular weight is 275 g/mol. The normalized spacial score (nSPS) is 22.7. The lowest BCUT2D eigenvalue weighted by molar-refractivity contribution is -0.149. The Morgan fingerprint density at radius 2 is 2.39 bits per heavy atom. The minimum Gasteiger partial charge on any atom is -0.465 e. The fourth-order valence-electron chi connectivity index (χ4n) is 1.93. The summed E-state index contributed by atoms with van der Waals surface area (Å²) in [7, 11) is 0. The van der Waals surface area contributed by atoms with Crippen molar-refractivity contribution in [2.24, 2.45) is 5.73 Å². The molecule has 2 N–H and O–H groups in total. The number of esters is 1. The maximum atomic E-state index is 11.6. The molecule has 18 heavy (non-hydrogen) atoms. The molecule has 0 saturated carbocycles. The van der Waals surface area contributed by atoms with E-state index in [-0.39, 0.29) is 5.97 Å². The molecule has 4 nitrogen and oxygen atoms in total. The molecular formula is C13H25NO3S. The first-order valence-corrected chi connectivity index (χ1v) is 7.87. The number of rotatable bonds is 8. The summed E-state index contributed by atoms with van der Waals surface area (Å²) in [6.07, 6.45) is 4.41. The van der Waals surface area contributed by atoms with Crippen LogP contribution in [-0.2, 0) is 14.3 Å². The minimum atomic E-state index is -0.847. The quantitative estimate of drug-likeness (QED) is 0.542. The molecule has 1 saturated heterocycles. The van der Waals surface area contributed by atoms with E-state index in [0.29, 0.717) is 19.1 Å². The van der Waals surface area contributed by atoms with E-state index in [9.17, 15) is 4.79 Å². The van der Waals surface area contributed by atoms with Crippen LogP contribution in [0.4, 0.5) is 0 Å². The molecule has 1 aliphatic heterocycles. The molecule has 0 spiro atoms. The summed E-state index contributed by atoms with van der Waals surface area (Å²) in [5.74, 6) is 1.78. The molecule has 0 aromatic rings. The maximum absolute atomic E-state index is 11.6. The average Bonchev–Trinajstić information content (AvgIpc) is 2.82. The van der Waals surface area contributed by atoms with Gasteiger partial charge in [0.2, 0.25) is 0 Å². The molecule has 1 rings (SSSR count). The highest BCUT2D eigenvalue weighted by Crippen LogP contribution is 2.19. The van der Waals surface area contributed by atoms with E-state index in [4.69, 9.17) is 15.2 Å². The van der Waals surface area contributed by atoms with Crippen molar-refractivity contribution in [3.8, 4) is 0 Å². The summed E-state index contributed by atoms with van der Waals surface area (Å²) < 4.78 is 10.5. The Morgan fingerprint density at radius 3 is 3.00 bits per heavy atom. The molecule has 1 fully saturated rings. The van der Waals surface area contributed by atoms with E-state index in [1.807, 2.05) is 11.8 Å². The number of nitrogens with two attached hydrogens (primary N) is 1. The van der Waals surface area contributed by atoms with Gasteiger partial charge in [-0.05, 0) is 45.3 Å². The van der Waals surface area contributed by atoms with Crippen LogP contribution in [0.3, 0.4) is 0 Å². The van der Waals surface area contributed by atoms with E-state index in [1.54, 1.807) is 13.8 Å². The van der Waals surface area contributed by atoms with E-state index in [2.05, 4.69) is 0 Å². The standard InChI is InChI=1S/C13H25NO3S/c1-3-16-12(15)13(2,14)7-5-9-18-10-11-6-4-8-17-11/h11H,3-10,14H2,1-2H3. The van der Waals surface area contributed by atoms with Crippen molar-refractivity contribution in [3.05, 3.63) is 0 Å². The first kappa shape index (κ1) is 15.8. The molecule has 0 radical (unpaired) electrons. The van der Waals surface area contributed by atoms with Crippen LogP contribution in [0.1, 0.15) is 39.5 Å². The smallest absolute Gasteiger partial charge is 0.325 e. The Balaban J connectivity index is 2.06. The number of ether oxygens (including phenoxy) is 2. The third-order valence-electron chi connectivity index (χ3n) is 3.05. The molecule has 0 amide bonds. The topological polar surface area (TPSA) is 61.5 Å². The Bertz CT molecular complexity index is 253. The zero-order valence-corrected chi connectivity index (χ0v) is 12.3. The first-order chi connectivity index (χ1) is 8.56. The maximum Gasteiger partial charge on any atom is 0.325 e. The van der Waals surface area contributed by atoms with Crippen molar-refractivity contribution in [3.63, 3.8) is 0 Å². The second-order valence-electron chi connectivity index (χ2n) is 4.95. The van der Waals surface area contributed by atoms with Gasteiger partial charge in [-0.3, -0.25) is 4.79 Å². The molecule has 106 valence electrons. The van der Waals surface area contributed by atoms with Crippen LogP contribution in [0.2, 0.25) is 0 Å². The van der Waals surface area contributed by atoms with Gasteiger partial charge in [0.25, 0.3) is 0 Å². The van der Waals surface area contributed by atoms with E-state index in [0.717, 1.165) is 24.5 Å². The molecule has 0 bridgehead atoms. The number of carbonyl (C=O) groups is 1. The summed E-state index contributed by atoms with van der Waals surface area (Å²) in [4.78, 5) is 11.6. The summed E-state index contributed by atoms with van der Waals surface area (Å²) in [6, 6.07) is 0. The minimum absolute atomic E-state index is 0.297. The van der Waals surface area contributed by atoms with Crippen molar-refractivity contribution in [1.29, 1.82) is 0 Å². The highest BCUT2D eigenvalue weighted by Gasteiger charge is 2.29. The van der Waals surface area contributed by atoms with Crippen molar-refractivity contribution in [1.82, 2.24) is 0 Å². The third kappa shape index (κ3) is 5.59. The molecule has 1 heterocycles. The van der Waals surface area contributed by atoms with Gasteiger partial charge in [0, 0.05) is 12.4 Å². The second-order valence-corrected chi connectivity index (χ2v) is 6.10. The highest BCUT2D eigenvalue weighted by molar-refractivity contribution is 7.99. The van der Waals surface area contributed by atoms with Gasteiger partial charge >= 0.3 is 5.97 Å². The van der Waals surface area contributed by atoms with Crippen LogP contribution in [0.5, 0.6) is 0 Å². The fourth-order valence-corrected chi connectivity index (χ4v) is 2.97. The molecular weight excluding hydrogens is 250 g/mol. The Hall–Kier alpha value is -0.260. The number of hydrogen-bond donors (Lipinski definition) is 1. The Morgan fingerprint density at radius 1 is 1.61 bits per heavy atom. The third-order valence-corrected chi connectivity index (χ3v) is 4.24. The van der Waals surface area contributed by atoms with Gasteiger partial charge in [-0.1, -0.05) is 0 Å². The van der Waals surface area contributed by atoms with Crippen LogP contribution < -0.4 is 5.73 Å². The first-order valence-electron chi connectivity index (χ1n) is 6.71. The van der Waals surface area contributed by atoms with Crippen molar-refractivity contribution >= 4 is 17.7 Å². The number of hydrogen-bond acceptors (Lipinski definition) is 5. The monoisotopic (exact) mass is 275 g/mol. The van der Waals surface area contributed by atoms with Crippen LogP contribution in [0.15, 0.2) is 0 Å². The van der Waals surface area contributed by atoms with Crippen LogP contribution in [0.25, 0.3) is 0 Å². The van der Waals surface area contributed by atoms with Gasteiger partial charge in [-0.25, -0.2) is 0 Å². The van der Waals surface area contributed by atoms with Gasteiger partial charge in [0.15, 0.2) is 0 Å². The molecule has 2 atom stereocenters. The fraction of sp³-hybridized carbons (Fsp3) is 0.923. The molecule has 0 aromatic carbocycles. The van der Waals surface area contributed by atoms with Gasteiger partial charge in [0.1, 0.15) is 5.54 Å². The van der Waals surface area contributed by atoms with E-state index < -0.39 is 5.54 Å². The SMILES string of the molecule is CCOC(=O)C(C)(N)CCCSCC1CCCO1. The summed E-state index contributed by atoms with van der Waals surface area (Å²) in [5.41, 5.74) is 5.10. The van der Waals surface area contributed by atoms with Gasteiger partial charge in [-0.15, -0.1) is 0 Å². The van der Waals surface area contributed by atoms with Gasteiger partial charge in [0.05, 0.1) is 12.7 Å².